The quantitative estimate of drug-likeness (QED) is 0.927. The SMILES string of the molecule is CCN1CC2(CCC1=O)CCN(C(=O)NCc1ccccc1)CC2. The first kappa shape index (κ1) is 16.8. The molecule has 0 atom stereocenters. The van der Waals surface area contributed by atoms with Gasteiger partial charge in [-0.3, -0.25) is 4.79 Å². The summed E-state index contributed by atoms with van der Waals surface area (Å²) in [6.07, 6.45) is 3.63. The van der Waals surface area contributed by atoms with Gasteiger partial charge in [0.2, 0.25) is 5.91 Å². The van der Waals surface area contributed by atoms with Crippen LogP contribution in [0.15, 0.2) is 30.3 Å². The lowest BCUT2D eigenvalue weighted by Gasteiger charge is -2.47. The van der Waals surface area contributed by atoms with Crippen LogP contribution in [-0.4, -0.2) is 47.9 Å². The molecular formula is C19H27N3O2. The van der Waals surface area contributed by atoms with Crippen LogP contribution < -0.4 is 5.32 Å². The molecule has 130 valence electrons. The molecule has 5 heteroatoms. The van der Waals surface area contributed by atoms with Crippen LogP contribution in [0.1, 0.15) is 38.2 Å². The summed E-state index contributed by atoms with van der Waals surface area (Å²) in [5.41, 5.74) is 1.34. The fourth-order valence-electron chi connectivity index (χ4n) is 3.87. The molecule has 0 aromatic heterocycles. The number of carbonyl (C=O) groups is 2. The second kappa shape index (κ2) is 7.24. The summed E-state index contributed by atoms with van der Waals surface area (Å²) in [7, 11) is 0. The van der Waals surface area contributed by atoms with E-state index in [1.165, 1.54) is 0 Å². The Balaban J connectivity index is 1.49. The molecule has 0 unspecified atom stereocenters. The molecule has 2 heterocycles. The number of benzene rings is 1. The molecule has 24 heavy (non-hydrogen) atoms. The third-order valence-electron chi connectivity index (χ3n) is 5.53. The maximum atomic E-state index is 12.4. The summed E-state index contributed by atoms with van der Waals surface area (Å²) in [4.78, 5) is 28.2. The summed E-state index contributed by atoms with van der Waals surface area (Å²) in [6.45, 7) is 5.84. The normalized spacial score (nSPS) is 20.3. The van der Waals surface area contributed by atoms with Crippen LogP contribution in [0.4, 0.5) is 4.79 Å². The summed E-state index contributed by atoms with van der Waals surface area (Å²) in [6, 6.07) is 10.00. The van der Waals surface area contributed by atoms with Crippen molar-refractivity contribution in [2.45, 2.75) is 39.2 Å². The number of nitrogens with one attached hydrogen (secondary N) is 1. The van der Waals surface area contributed by atoms with Crippen LogP contribution >= 0.6 is 0 Å². The molecule has 2 fully saturated rings. The molecule has 0 saturated carbocycles. The van der Waals surface area contributed by atoms with Gasteiger partial charge < -0.3 is 15.1 Å². The van der Waals surface area contributed by atoms with E-state index >= 15 is 0 Å². The van der Waals surface area contributed by atoms with E-state index in [1.807, 2.05) is 47.1 Å². The molecule has 0 radical (unpaired) electrons. The molecule has 0 bridgehead atoms. The van der Waals surface area contributed by atoms with Gasteiger partial charge in [-0.25, -0.2) is 4.79 Å². The number of rotatable bonds is 3. The minimum Gasteiger partial charge on any atom is -0.342 e. The Labute approximate surface area is 144 Å². The largest absolute Gasteiger partial charge is 0.342 e. The summed E-state index contributed by atoms with van der Waals surface area (Å²) < 4.78 is 0. The van der Waals surface area contributed by atoms with Crippen LogP contribution in [0.5, 0.6) is 0 Å². The zero-order valence-corrected chi connectivity index (χ0v) is 14.5. The maximum Gasteiger partial charge on any atom is 0.317 e. The first-order valence-corrected chi connectivity index (χ1v) is 8.96. The van der Waals surface area contributed by atoms with Crippen molar-refractivity contribution in [3.63, 3.8) is 0 Å². The lowest BCUT2D eigenvalue weighted by molar-refractivity contribution is -0.138. The third-order valence-corrected chi connectivity index (χ3v) is 5.53. The van der Waals surface area contributed by atoms with Gasteiger partial charge in [-0.2, -0.15) is 0 Å². The van der Waals surface area contributed by atoms with Gasteiger partial charge in [0.05, 0.1) is 0 Å². The summed E-state index contributed by atoms with van der Waals surface area (Å²) in [5.74, 6) is 0.283. The molecule has 1 aromatic carbocycles. The van der Waals surface area contributed by atoms with E-state index in [-0.39, 0.29) is 17.4 Å². The molecular weight excluding hydrogens is 302 g/mol. The zero-order chi connectivity index (χ0) is 17.0. The van der Waals surface area contributed by atoms with Crippen molar-refractivity contribution < 1.29 is 9.59 Å². The third kappa shape index (κ3) is 3.71. The van der Waals surface area contributed by atoms with Crippen molar-refractivity contribution in [2.24, 2.45) is 5.41 Å². The summed E-state index contributed by atoms with van der Waals surface area (Å²) >= 11 is 0. The minimum absolute atomic E-state index is 0.0212. The molecule has 2 aliphatic rings. The topological polar surface area (TPSA) is 52.7 Å². The fraction of sp³-hybridized carbons (Fsp3) is 0.579. The number of amides is 3. The van der Waals surface area contributed by atoms with Gasteiger partial charge in [0.15, 0.2) is 0 Å². The van der Waals surface area contributed by atoms with E-state index in [2.05, 4.69) is 5.32 Å². The predicted octanol–water partition coefficient (Wildman–Crippen LogP) is 2.62. The van der Waals surface area contributed by atoms with Gasteiger partial charge in [-0.05, 0) is 37.2 Å². The smallest absolute Gasteiger partial charge is 0.317 e. The predicted molar refractivity (Wildman–Crippen MR) is 93.4 cm³/mol. The van der Waals surface area contributed by atoms with Gasteiger partial charge in [-0.1, -0.05) is 30.3 Å². The van der Waals surface area contributed by atoms with Gasteiger partial charge in [-0.15, -0.1) is 0 Å². The van der Waals surface area contributed by atoms with Crippen LogP contribution in [0.3, 0.4) is 0 Å². The van der Waals surface area contributed by atoms with Crippen molar-refractivity contribution in [3.05, 3.63) is 35.9 Å². The highest BCUT2D eigenvalue weighted by Crippen LogP contribution is 2.40. The average molecular weight is 329 g/mol. The van der Waals surface area contributed by atoms with Crippen molar-refractivity contribution in [2.75, 3.05) is 26.2 Å². The number of nitrogens with zero attached hydrogens (tertiary/aromatic N) is 2. The first-order valence-electron chi connectivity index (χ1n) is 8.96. The van der Waals surface area contributed by atoms with E-state index in [1.54, 1.807) is 0 Å². The lowest BCUT2D eigenvalue weighted by Crippen LogP contribution is -2.53. The van der Waals surface area contributed by atoms with Gasteiger partial charge in [0, 0.05) is 39.1 Å². The Morgan fingerprint density at radius 2 is 1.88 bits per heavy atom. The number of likely N-dealkylation sites (tertiary alicyclic amines) is 2. The molecule has 3 amide bonds. The van der Waals surface area contributed by atoms with E-state index in [0.29, 0.717) is 13.0 Å². The highest BCUT2D eigenvalue weighted by Gasteiger charge is 2.41. The second-order valence-electron chi connectivity index (χ2n) is 7.04. The molecule has 1 spiro atoms. The van der Waals surface area contributed by atoms with Crippen LogP contribution in [0.25, 0.3) is 0 Å². The molecule has 2 saturated heterocycles. The lowest BCUT2D eigenvalue weighted by atomic mass is 9.72. The van der Waals surface area contributed by atoms with Crippen LogP contribution in [0, 0.1) is 5.41 Å². The monoisotopic (exact) mass is 329 g/mol. The Kier molecular flexibility index (Phi) is 5.07. The zero-order valence-electron chi connectivity index (χ0n) is 14.5. The van der Waals surface area contributed by atoms with Gasteiger partial charge in [0.25, 0.3) is 0 Å². The highest BCUT2D eigenvalue weighted by molar-refractivity contribution is 5.77. The highest BCUT2D eigenvalue weighted by atomic mass is 16.2. The number of carbonyl (C=O) groups excluding carboxylic acids is 2. The molecule has 2 aliphatic heterocycles. The average Bonchev–Trinajstić information content (AvgIpc) is 2.63. The Morgan fingerprint density at radius 1 is 1.17 bits per heavy atom. The van der Waals surface area contributed by atoms with Crippen LogP contribution in [-0.2, 0) is 11.3 Å². The first-order chi connectivity index (χ1) is 11.6. The molecule has 1 N–H and O–H groups in total. The van der Waals surface area contributed by atoms with Crippen molar-refractivity contribution in [3.8, 4) is 0 Å². The molecule has 1 aromatic rings. The van der Waals surface area contributed by atoms with E-state index in [0.717, 1.165) is 51.0 Å². The number of urea groups is 1. The van der Waals surface area contributed by atoms with E-state index in [9.17, 15) is 9.59 Å². The molecule has 0 aliphatic carbocycles. The van der Waals surface area contributed by atoms with Crippen molar-refractivity contribution in [1.82, 2.24) is 15.1 Å². The molecule has 3 rings (SSSR count). The van der Waals surface area contributed by atoms with Crippen LogP contribution in [0.2, 0.25) is 0 Å². The summed E-state index contributed by atoms with van der Waals surface area (Å²) in [5, 5.41) is 3.01. The minimum atomic E-state index is 0.0212. The van der Waals surface area contributed by atoms with E-state index < -0.39 is 0 Å². The second-order valence-corrected chi connectivity index (χ2v) is 7.04. The number of piperidine rings is 2. The maximum absolute atomic E-state index is 12.4. The number of hydrogen-bond acceptors (Lipinski definition) is 2. The van der Waals surface area contributed by atoms with E-state index in [4.69, 9.17) is 0 Å². The Bertz CT molecular complexity index is 580. The van der Waals surface area contributed by atoms with Crippen molar-refractivity contribution in [1.29, 1.82) is 0 Å². The van der Waals surface area contributed by atoms with Crippen molar-refractivity contribution >= 4 is 11.9 Å². The number of hydrogen-bond donors (Lipinski definition) is 1. The Hall–Kier alpha value is -2.04. The van der Waals surface area contributed by atoms with Gasteiger partial charge >= 0.3 is 6.03 Å². The fourth-order valence-corrected chi connectivity index (χ4v) is 3.87. The van der Waals surface area contributed by atoms with Gasteiger partial charge in [0.1, 0.15) is 0 Å². The molecule has 5 nitrogen and oxygen atoms in total. The Morgan fingerprint density at radius 3 is 2.54 bits per heavy atom. The standard InChI is InChI=1S/C19H27N3O2/c1-2-21-15-19(9-8-17(21)23)10-12-22(13-11-19)18(24)20-14-16-6-4-3-5-7-16/h3-7H,2,8-15H2,1H3,(H,20,24).